The smallest absolute Gasteiger partial charge is 0.338 e. The van der Waals surface area contributed by atoms with Gasteiger partial charge in [-0.15, -0.1) is 0 Å². The molecule has 5 rings (SSSR count). The van der Waals surface area contributed by atoms with E-state index in [1.807, 2.05) is 0 Å². The summed E-state index contributed by atoms with van der Waals surface area (Å²) in [5, 5.41) is 0. The van der Waals surface area contributed by atoms with E-state index in [2.05, 4.69) is 0 Å². The number of carbonyl (C=O) groups excluding carboxylic acids is 2. The average molecular weight is 711 g/mol. The van der Waals surface area contributed by atoms with Crippen LogP contribution < -0.4 is 0 Å². The Hall–Kier alpha value is -4.44. The Labute approximate surface area is 284 Å². The standard InChI is InChI=1S/C35H34O12S2/c1-23-14-18-27(19-15-23)48(38,39)43-22-29-30(45-33(36)25-10-6-4-7-11-25)31(46-34(37)26-12-8-5-9-13-26)32(35(42-3)44-29)47-49(40,41)28-20-16-24(2)17-21-28/h4-21,29-32,35H,22H2,1-3H3/t29-,30-,31+,32-,35+/m1/s1. The molecule has 1 aliphatic rings. The summed E-state index contributed by atoms with van der Waals surface area (Å²) in [6, 6.07) is 27.3. The van der Waals surface area contributed by atoms with Crippen molar-refractivity contribution in [1.82, 2.24) is 0 Å². The summed E-state index contributed by atoms with van der Waals surface area (Å²) >= 11 is 0. The molecule has 0 amide bonds. The molecule has 1 heterocycles. The number of esters is 2. The minimum absolute atomic E-state index is 0.0889. The normalized spacial score (nSPS) is 21.1. The van der Waals surface area contributed by atoms with Crippen LogP contribution in [0.15, 0.2) is 119 Å². The maximum atomic E-state index is 13.6. The van der Waals surface area contributed by atoms with Crippen LogP contribution in [-0.2, 0) is 47.5 Å². The zero-order valence-corrected chi connectivity index (χ0v) is 28.3. The van der Waals surface area contributed by atoms with E-state index in [4.69, 9.17) is 27.3 Å². The third-order valence-corrected chi connectivity index (χ3v) is 10.2. The summed E-state index contributed by atoms with van der Waals surface area (Å²) in [4.78, 5) is 26.6. The van der Waals surface area contributed by atoms with Gasteiger partial charge in [0, 0.05) is 7.11 Å². The Balaban J connectivity index is 1.55. The largest absolute Gasteiger partial charge is 0.452 e. The minimum Gasteiger partial charge on any atom is -0.452 e. The molecule has 0 N–H and O–H groups in total. The Morgan fingerprint density at radius 2 is 1.06 bits per heavy atom. The van der Waals surface area contributed by atoms with Crippen LogP contribution in [-0.4, -0.2) is 73.2 Å². The molecule has 0 saturated carbocycles. The van der Waals surface area contributed by atoms with Crippen LogP contribution in [0.25, 0.3) is 0 Å². The van der Waals surface area contributed by atoms with Crippen molar-refractivity contribution in [3.8, 4) is 0 Å². The van der Waals surface area contributed by atoms with E-state index >= 15 is 0 Å². The van der Waals surface area contributed by atoms with Crippen molar-refractivity contribution in [3.05, 3.63) is 131 Å². The van der Waals surface area contributed by atoms with Crippen molar-refractivity contribution < 1.29 is 53.7 Å². The third kappa shape index (κ3) is 8.78. The van der Waals surface area contributed by atoms with Gasteiger partial charge in [0.2, 0.25) is 0 Å². The van der Waals surface area contributed by atoms with Crippen molar-refractivity contribution in [1.29, 1.82) is 0 Å². The molecule has 0 aliphatic carbocycles. The van der Waals surface area contributed by atoms with Gasteiger partial charge in [-0.2, -0.15) is 16.8 Å². The molecule has 4 aromatic rings. The summed E-state index contributed by atoms with van der Waals surface area (Å²) < 4.78 is 87.6. The van der Waals surface area contributed by atoms with Crippen LogP contribution in [0.2, 0.25) is 0 Å². The molecular formula is C35H34O12S2. The topological polar surface area (TPSA) is 158 Å². The average Bonchev–Trinajstić information content (AvgIpc) is 3.10. The Kier molecular flexibility index (Phi) is 11.3. The molecule has 0 aromatic heterocycles. The quantitative estimate of drug-likeness (QED) is 0.149. The molecule has 1 saturated heterocycles. The molecule has 0 spiro atoms. The molecule has 49 heavy (non-hydrogen) atoms. The lowest BCUT2D eigenvalue weighted by Crippen LogP contribution is -2.63. The fourth-order valence-corrected chi connectivity index (χ4v) is 6.94. The van der Waals surface area contributed by atoms with Crippen molar-refractivity contribution in [3.63, 3.8) is 0 Å². The number of ether oxygens (including phenoxy) is 4. The highest BCUT2D eigenvalue weighted by Crippen LogP contribution is 2.33. The fourth-order valence-electron chi connectivity index (χ4n) is 4.95. The summed E-state index contributed by atoms with van der Waals surface area (Å²) in [6.45, 7) is 2.82. The number of hydrogen-bond donors (Lipinski definition) is 0. The lowest BCUT2D eigenvalue weighted by Gasteiger charge is -2.43. The second-order valence-electron chi connectivity index (χ2n) is 11.1. The van der Waals surface area contributed by atoms with Crippen LogP contribution in [0.3, 0.4) is 0 Å². The van der Waals surface area contributed by atoms with E-state index in [0.29, 0.717) is 0 Å². The molecule has 0 unspecified atom stereocenters. The van der Waals surface area contributed by atoms with Crippen LogP contribution in [0.5, 0.6) is 0 Å². The molecule has 0 radical (unpaired) electrons. The van der Waals surface area contributed by atoms with E-state index in [0.717, 1.165) is 11.1 Å². The SMILES string of the molecule is CO[C@H]1O[C@H](COS(=O)(=O)c2ccc(C)cc2)[C@@H](OC(=O)c2ccccc2)[C@H](OC(=O)c2ccccc2)[C@H]1OS(=O)(=O)c1ccc(C)cc1. The number of benzene rings is 4. The van der Waals surface area contributed by atoms with Gasteiger partial charge in [0.15, 0.2) is 24.6 Å². The van der Waals surface area contributed by atoms with Gasteiger partial charge < -0.3 is 18.9 Å². The molecule has 1 fully saturated rings. The zero-order valence-electron chi connectivity index (χ0n) is 26.7. The van der Waals surface area contributed by atoms with E-state index in [1.54, 1.807) is 74.5 Å². The zero-order chi connectivity index (χ0) is 35.2. The lowest BCUT2D eigenvalue weighted by atomic mass is 9.98. The minimum atomic E-state index is -4.57. The summed E-state index contributed by atoms with van der Waals surface area (Å²) in [6.07, 6.45) is -8.21. The number of rotatable bonds is 12. The Bertz CT molecular complexity index is 1950. The first-order valence-electron chi connectivity index (χ1n) is 15.0. The molecule has 12 nitrogen and oxygen atoms in total. The molecule has 1 aliphatic heterocycles. The van der Waals surface area contributed by atoms with Crippen LogP contribution >= 0.6 is 0 Å². The van der Waals surface area contributed by atoms with Crippen molar-refractivity contribution in [2.75, 3.05) is 13.7 Å². The highest BCUT2D eigenvalue weighted by Gasteiger charge is 2.53. The third-order valence-electron chi connectivity index (χ3n) is 7.57. The van der Waals surface area contributed by atoms with Gasteiger partial charge in [-0.05, 0) is 62.4 Å². The molecule has 4 aromatic carbocycles. The first-order valence-corrected chi connectivity index (χ1v) is 17.9. The van der Waals surface area contributed by atoms with Gasteiger partial charge in [0.05, 0.1) is 27.5 Å². The maximum Gasteiger partial charge on any atom is 0.338 e. The number of aryl methyl sites for hydroxylation is 2. The van der Waals surface area contributed by atoms with Gasteiger partial charge >= 0.3 is 11.9 Å². The molecule has 14 heteroatoms. The van der Waals surface area contributed by atoms with Gasteiger partial charge in [-0.25, -0.2) is 9.59 Å². The number of methoxy groups -OCH3 is 1. The second kappa shape index (κ2) is 15.4. The Morgan fingerprint density at radius 3 is 1.53 bits per heavy atom. The lowest BCUT2D eigenvalue weighted by molar-refractivity contribution is -0.285. The van der Waals surface area contributed by atoms with E-state index in [9.17, 15) is 26.4 Å². The molecular weight excluding hydrogens is 677 g/mol. The van der Waals surface area contributed by atoms with Crippen molar-refractivity contribution in [2.24, 2.45) is 0 Å². The van der Waals surface area contributed by atoms with E-state index in [1.165, 1.54) is 55.6 Å². The fraction of sp³-hybridized carbons (Fsp3) is 0.257. The summed E-state index contributed by atoms with van der Waals surface area (Å²) in [5.41, 5.74) is 1.80. The van der Waals surface area contributed by atoms with Gasteiger partial charge in [-0.1, -0.05) is 71.8 Å². The Morgan fingerprint density at radius 1 is 0.612 bits per heavy atom. The molecule has 5 atom stereocenters. The van der Waals surface area contributed by atoms with E-state index in [-0.39, 0.29) is 20.9 Å². The maximum absolute atomic E-state index is 13.6. The predicted molar refractivity (Wildman–Crippen MR) is 175 cm³/mol. The monoisotopic (exact) mass is 710 g/mol. The molecule has 258 valence electrons. The first kappa shape index (κ1) is 35.9. The number of carbonyl (C=O) groups is 2. The van der Waals surface area contributed by atoms with Gasteiger partial charge in [0.1, 0.15) is 6.10 Å². The van der Waals surface area contributed by atoms with Crippen molar-refractivity contribution in [2.45, 2.75) is 54.3 Å². The van der Waals surface area contributed by atoms with Gasteiger partial charge in [-0.3, -0.25) is 8.37 Å². The highest BCUT2D eigenvalue weighted by molar-refractivity contribution is 7.87. The highest BCUT2D eigenvalue weighted by atomic mass is 32.2. The van der Waals surface area contributed by atoms with Crippen LogP contribution in [0.1, 0.15) is 31.8 Å². The summed E-state index contributed by atoms with van der Waals surface area (Å²) in [5.74, 6) is -1.83. The van der Waals surface area contributed by atoms with Crippen molar-refractivity contribution >= 4 is 32.2 Å². The molecule has 0 bridgehead atoms. The van der Waals surface area contributed by atoms with E-state index < -0.39 is 69.5 Å². The van der Waals surface area contributed by atoms with Gasteiger partial charge in [0.25, 0.3) is 20.2 Å². The summed E-state index contributed by atoms with van der Waals surface area (Å²) in [7, 11) is -7.75. The first-order chi connectivity index (χ1) is 23.4. The van der Waals surface area contributed by atoms with Crippen LogP contribution in [0.4, 0.5) is 0 Å². The number of hydrogen-bond acceptors (Lipinski definition) is 12. The predicted octanol–water partition coefficient (Wildman–Crippen LogP) is 4.61. The van der Waals surface area contributed by atoms with Crippen LogP contribution in [0, 0.1) is 13.8 Å². The second-order valence-corrected chi connectivity index (χ2v) is 14.3.